The molecule has 0 radical (unpaired) electrons. The molecule has 0 atom stereocenters. The van der Waals surface area contributed by atoms with Crippen molar-refractivity contribution in [3.05, 3.63) is 188 Å². The molecule has 4 aromatic heterocycles. The van der Waals surface area contributed by atoms with Crippen LogP contribution < -0.4 is 0 Å². The lowest BCUT2D eigenvalue weighted by atomic mass is 9.93. The summed E-state index contributed by atoms with van der Waals surface area (Å²) in [7, 11) is 0. The van der Waals surface area contributed by atoms with Gasteiger partial charge in [0, 0.05) is 51.0 Å². The Morgan fingerprint density at radius 3 is 1.55 bits per heavy atom. The number of rotatable bonds is 7. The Morgan fingerprint density at radius 1 is 0.309 bits per heavy atom. The van der Waals surface area contributed by atoms with Crippen LogP contribution in [0.5, 0.6) is 0 Å². The van der Waals surface area contributed by atoms with Crippen LogP contribution in [0.15, 0.2) is 193 Å². The molecule has 0 unspecified atom stereocenters. The third kappa shape index (κ3) is 6.22. The summed E-state index contributed by atoms with van der Waals surface area (Å²) in [6.45, 7) is 0. The number of hydrogen-bond acceptors (Lipinski definition) is 6. The van der Waals surface area contributed by atoms with Crippen LogP contribution in [-0.4, -0.2) is 24.9 Å². The molecule has 55 heavy (non-hydrogen) atoms. The fourth-order valence-electron chi connectivity index (χ4n) is 7.09. The van der Waals surface area contributed by atoms with Gasteiger partial charge < -0.3 is 4.42 Å². The van der Waals surface area contributed by atoms with Crippen molar-refractivity contribution >= 4 is 21.9 Å². The third-order valence-electron chi connectivity index (χ3n) is 9.90. The number of pyridine rings is 2. The van der Waals surface area contributed by atoms with Gasteiger partial charge in [-0.15, -0.1) is 0 Å². The second kappa shape index (κ2) is 13.8. The van der Waals surface area contributed by atoms with Crippen molar-refractivity contribution in [2.24, 2.45) is 0 Å². The van der Waals surface area contributed by atoms with Gasteiger partial charge in [-0.05, 0) is 76.9 Å². The van der Waals surface area contributed by atoms with E-state index in [2.05, 4.69) is 88.8 Å². The average Bonchev–Trinajstić information content (AvgIpc) is 3.65. The highest BCUT2D eigenvalue weighted by atomic mass is 16.3. The van der Waals surface area contributed by atoms with Crippen LogP contribution in [-0.2, 0) is 0 Å². The van der Waals surface area contributed by atoms with Crippen molar-refractivity contribution in [3.8, 4) is 78.9 Å². The smallest absolute Gasteiger partial charge is 0.164 e. The molecule has 0 aliphatic rings. The number of benzene rings is 6. The number of furan rings is 1. The molecule has 4 heterocycles. The molecule has 10 aromatic rings. The van der Waals surface area contributed by atoms with E-state index in [0.717, 1.165) is 83.4 Å². The summed E-state index contributed by atoms with van der Waals surface area (Å²) >= 11 is 0. The van der Waals surface area contributed by atoms with E-state index in [-0.39, 0.29) is 0 Å². The third-order valence-corrected chi connectivity index (χ3v) is 9.90. The summed E-state index contributed by atoms with van der Waals surface area (Å²) in [6.07, 6.45) is 3.64. The van der Waals surface area contributed by atoms with Crippen LogP contribution in [0.2, 0.25) is 0 Å². The van der Waals surface area contributed by atoms with Crippen molar-refractivity contribution in [3.63, 3.8) is 0 Å². The maximum Gasteiger partial charge on any atom is 0.164 e. The van der Waals surface area contributed by atoms with Crippen LogP contribution >= 0.6 is 0 Å². The fourth-order valence-corrected chi connectivity index (χ4v) is 7.09. The molecule has 6 aromatic carbocycles. The van der Waals surface area contributed by atoms with Gasteiger partial charge in [0.1, 0.15) is 11.2 Å². The average molecular weight is 706 g/mol. The van der Waals surface area contributed by atoms with Crippen LogP contribution in [0.25, 0.3) is 101 Å². The molecule has 10 rings (SSSR count). The van der Waals surface area contributed by atoms with Gasteiger partial charge in [0.05, 0.1) is 11.4 Å². The largest absolute Gasteiger partial charge is 0.456 e. The van der Waals surface area contributed by atoms with Gasteiger partial charge in [-0.25, -0.2) is 15.0 Å². The Balaban J connectivity index is 1.15. The van der Waals surface area contributed by atoms with E-state index in [1.165, 1.54) is 0 Å². The van der Waals surface area contributed by atoms with Crippen molar-refractivity contribution < 1.29 is 4.42 Å². The van der Waals surface area contributed by atoms with Crippen LogP contribution in [0.4, 0.5) is 0 Å². The molecule has 0 N–H and O–H groups in total. The normalized spacial score (nSPS) is 11.3. The molecular formula is C49H31N5O. The van der Waals surface area contributed by atoms with E-state index in [0.29, 0.717) is 17.5 Å². The molecule has 0 bridgehead atoms. The number of aromatic nitrogens is 5. The van der Waals surface area contributed by atoms with Gasteiger partial charge in [-0.1, -0.05) is 121 Å². The Labute approximate surface area is 317 Å². The monoisotopic (exact) mass is 705 g/mol. The number of nitrogens with zero attached hydrogens (tertiary/aromatic N) is 5. The Kier molecular flexibility index (Phi) is 8.04. The quantitative estimate of drug-likeness (QED) is 0.164. The highest BCUT2D eigenvalue weighted by Gasteiger charge is 2.18. The van der Waals surface area contributed by atoms with Gasteiger partial charge in [-0.2, -0.15) is 0 Å². The summed E-state index contributed by atoms with van der Waals surface area (Å²) in [5.74, 6) is 1.76. The first-order chi connectivity index (χ1) is 27.2. The maximum atomic E-state index is 6.16. The van der Waals surface area contributed by atoms with Crippen molar-refractivity contribution in [1.82, 2.24) is 24.9 Å². The summed E-state index contributed by atoms with van der Waals surface area (Å²) in [5, 5.41) is 2.07. The summed E-state index contributed by atoms with van der Waals surface area (Å²) < 4.78 is 6.16. The molecule has 0 aliphatic heterocycles. The van der Waals surface area contributed by atoms with E-state index in [4.69, 9.17) is 19.4 Å². The minimum Gasteiger partial charge on any atom is -0.456 e. The molecule has 258 valence electrons. The number of fused-ring (bicyclic) bond motifs is 3. The minimum absolute atomic E-state index is 0.580. The molecule has 0 spiro atoms. The lowest BCUT2D eigenvalue weighted by Gasteiger charge is -2.15. The molecule has 0 saturated heterocycles. The Hall–Kier alpha value is -7.57. The van der Waals surface area contributed by atoms with E-state index in [9.17, 15) is 0 Å². The van der Waals surface area contributed by atoms with E-state index in [1.54, 1.807) is 0 Å². The lowest BCUT2D eigenvalue weighted by Crippen LogP contribution is -2.01. The number of para-hydroxylation sites is 1. The van der Waals surface area contributed by atoms with Gasteiger partial charge in [0.25, 0.3) is 0 Å². The van der Waals surface area contributed by atoms with Crippen molar-refractivity contribution in [2.75, 3.05) is 0 Å². The summed E-state index contributed by atoms with van der Waals surface area (Å²) in [5.41, 5.74) is 12.5. The molecule has 0 aliphatic carbocycles. The van der Waals surface area contributed by atoms with Crippen LogP contribution in [0.1, 0.15) is 0 Å². The highest BCUT2D eigenvalue weighted by Crippen LogP contribution is 2.38. The van der Waals surface area contributed by atoms with E-state index >= 15 is 0 Å². The molecule has 0 saturated carbocycles. The number of hydrogen-bond donors (Lipinski definition) is 0. The second-order valence-electron chi connectivity index (χ2n) is 13.3. The Morgan fingerprint density at radius 2 is 0.855 bits per heavy atom. The van der Waals surface area contributed by atoms with Crippen LogP contribution in [0.3, 0.4) is 0 Å². The lowest BCUT2D eigenvalue weighted by molar-refractivity contribution is 0.669. The van der Waals surface area contributed by atoms with Gasteiger partial charge >= 0.3 is 0 Å². The predicted molar refractivity (Wildman–Crippen MR) is 221 cm³/mol. The highest BCUT2D eigenvalue weighted by molar-refractivity contribution is 6.06. The second-order valence-corrected chi connectivity index (χ2v) is 13.3. The van der Waals surface area contributed by atoms with Crippen LogP contribution in [0, 0.1) is 0 Å². The minimum atomic E-state index is 0.580. The molecular weight excluding hydrogens is 675 g/mol. The first-order valence-electron chi connectivity index (χ1n) is 18.1. The van der Waals surface area contributed by atoms with Gasteiger partial charge in [0.15, 0.2) is 17.5 Å². The van der Waals surface area contributed by atoms with Gasteiger partial charge in [0.2, 0.25) is 0 Å². The molecule has 0 fully saturated rings. The molecule has 6 nitrogen and oxygen atoms in total. The standard InChI is InChI=1S/C49H31N5O/c1-2-10-36(11-3-1)47-52-48(38-25-27-46-41(31-38)40-12-4-5-15-45(40)55-46)54-49(53-47)42-30-37(32-16-20-34(21-17-32)43-13-6-8-28-50-43)24-26-39(42)33-18-22-35(23-19-33)44-14-7-9-29-51-44/h1-31H. The first-order valence-corrected chi connectivity index (χ1v) is 18.1. The van der Waals surface area contributed by atoms with Gasteiger partial charge in [-0.3, -0.25) is 9.97 Å². The maximum absolute atomic E-state index is 6.16. The topological polar surface area (TPSA) is 77.6 Å². The summed E-state index contributed by atoms with van der Waals surface area (Å²) in [6, 6.07) is 59.8. The van der Waals surface area contributed by atoms with Crippen molar-refractivity contribution in [2.45, 2.75) is 0 Å². The van der Waals surface area contributed by atoms with E-state index in [1.807, 2.05) is 109 Å². The zero-order valence-corrected chi connectivity index (χ0v) is 29.5. The molecule has 6 heteroatoms. The predicted octanol–water partition coefficient (Wildman–Crippen LogP) is 12.2. The zero-order valence-electron chi connectivity index (χ0n) is 29.5. The molecule has 0 amide bonds. The first kappa shape index (κ1) is 32.1. The van der Waals surface area contributed by atoms with E-state index < -0.39 is 0 Å². The Bertz CT molecular complexity index is 2940. The zero-order chi connectivity index (χ0) is 36.6. The fraction of sp³-hybridized carbons (Fsp3) is 0. The van der Waals surface area contributed by atoms with Crippen molar-refractivity contribution in [1.29, 1.82) is 0 Å². The SMILES string of the molecule is c1ccc(-c2nc(-c3ccc4oc5ccccc5c4c3)nc(-c3cc(-c4ccc(-c5ccccn5)cc4)ccc3-c3ccc(-c4ccccn4)cc3)n2)cc1. The summed E-state index contributed by atoms with van der Waals surface area (Å²) in [4.78, 5) is 24.6.